The maximum Gasteiger partial charge on any atom is 0.231 e. The summed E-state index contributed by atoms with van der Waals surface area (Å²) in [5, 5.41) is 0. The van der Waals surface area contributed by atoms with Crippen LogP contribution in [0.1, 0.15) is 37.7 Å². The van der Waals surface area contributed by atoms with Crippen LogP contribution in [-0.4, -0.2) is 6.79 Å². The van der Waals surface area contributed by atoms with E-state index in [1.807, 2.05) is 6.07 Å². The molecule has 0 spiro atoms. The molecule has 1 aliphatic heterocycles. The highest BCUT2D eigenvalue weighted by Gasteiger charge is 2.12. The Morgan fingerprint density at radius 2 is 1.84 bits per heavy atom. The summed E-state index contributed by atoms with van der Waals surface area (Å²) in [4.78, 5) is 0. The molecule has 1 aliphatic rings. The van der Waals surface area contributed by atoms with Crippen LogP contribution < -0.4 is 9.47 Å². The molecule has 4 heteroatoms. The number of benzene rings is 1. The standard InChI is InChI=1S/C15H18Br2O2/c16-15(17)7-5-3-1-2-4-6-12-8-9-13-14(10-12)19-11-18-13/h7-10H,1-6,11H2. The van der Waals surface area contributed by atoms with Gasteiger partial charge in [0, 0.05) is 0 Å². The minimum Gasteiger partial charge on any atom is -0.454 e. The second-order valence-electron chi connectivity index (χ2n) is 4.63. The topological polar surface area (TPSA) is 18.5 Å². The van der Waals surface area contributed by atoms with E-state index in [1.165, 1.54) is 31.2 Å². The van der Waals surface area contributed by atoms with Crippen LogP contribution >= 0.6 is 31.9 Å². The van der Waals surface area contributed by atoms with E-state index in [1.54, 1.807) is 0 Å². The van der Waals surface area contributed by atoms with E-state index in [0.717, 1.165) is 27.7 Å². The molecule has 0 saturated carbocycles. The Hall–Kier alpha value is -0.480. The highest BCUT2D eigenvalue weighted by Crippen LogP contribution is 2.32. The fourth-order valence-corrected chi connectivity index (χ4v) is 2.59. The van der Waals surface area contributed by atoms with E-state index >= 15 is 0 Å². The molecule has 0 aromatic heterocycles. The van der Waals surface area contributed by atoms with Gasteiger partial charge in [0.05, 0.1) is 3.39 Å². The SMILES string of the molecule is BrC(Br)=CCCCCCCc1ccc2c(c1)OCO2. The molecule has 2 rings (SSSR count). The summed E-state index contributed by atoms with van der Waals surface area (Å²) >= 11 is 6.74. The van der Waals surface area contributed by atoms with Gasteiger partial charge in [0.1, 0.15) is 0 Å². The van der Waals surface area contributed by atoms with Crippen molar-refractivity contribution in [2.24, 2.45) is 0 Å². The molecule has 1 aromatic carbocycles. The first-order chi connectivity index (χ1) is 9.25. The summed E-state index contributed by atoms with van der Waals surface area (Å²) in [6.07, 6.45) is 9.47. The Morgan fingerprint density at radius 3 is 2.68 bits per heavy atom. The maximum absolute atomic E-state index is 5.38. The second kappa shape index (κ2) is 7.95. The highest BCUT2D eigenvalue weighted by atomic mass is 79.9. The van der Waals surface area contributed by atoms with Crippen molar-refractivity contribution < 1.29 is 9.47 Å². The summed E-state index contributed by atoms with van der Waals surface area (Å²) in [7, 11) is 0. The smallest absolute Gasteiger partial charge is 0.231 e. The molecule has 0 atom stereocenters. The summed E-state index contributed by atoms with van der Waals surface area (Å²) in [6, 6.07) is 6.25. The predicted octanol–water partition coefficient (Wildman–Crippen LogP) is 5.54. The Bertz CT molecular complexity index is 440. The minimum atomic E-state index is 0.357. The Kier molecular flexibility index (Phi) is 6.24. The van der Waals surface area contributed by atoms with Crippen molar-refractivity contribution in [1.82, 2.24) is 0 Å². The van der Waals surface area contributed by atoms with Crippen molar-refractivity contribution in [3.8, 4) is 11.5 Å². The van der Waals surface area contributed by atoms with Crippen LogP contribution in [0.3, 0.4) is 0 Å². The van der Waals surface area contributed by atoms with Crippen LogP contribution in [0.5, 0.6) is 11.5 Å². The Morgan fingerprint density at radius 1 is 1.05 bits per heavy atom. The van der Waals surface area contributed by atoms with E-state index in [2.05, 4.69) is 50.1 Å². The van der Waals surface area contributed by atoms with Gasteiger partial charge in [-0.2, -0.15) is 0 Å². The largest absolute Gasteiger partial charge is 0.454 e. The number of rotatable bonds is 7. The molecule has 0 radical (unpaired) electrons. The van der Waals surface area contributed by atoms with E-state index in [-0.39, 0.29) is 0 Å². The lowest BCUT2D eigenvalue weighted by atomic mass is 10.0. The molecule has 0 fully saturated rings. The van der Waals surface area contributed by atoms with Gasteiger partial charge in [0.15, 0.2) is 11.5 Å². The number of hydrogen-bond acceptors (Lipinski definition) is 2. The molecule has 19 heavy (non-hydrogen) atoms. The van der Waals surface area contributed by atoms with Gasteiger partial charge in [-0.1, -0.05) is 25.0 Å². The molecular weight excluding hydrogens is 372 g/mol. The van der Waals surface area contributed by atoms with Crippen molar-refractivity contribution in [3.63, 3.8) is 0 Å². The summed E-state index contributed by atoms with van der Waals surface area (Å²) in [5.74, 6) is 1.76. The molecule has 0 bridgehead atoms. The van der Waals surface area contributed by atoms with Crippen LogP contribution in [0.2, 0.25) is 0 Å². The van der Waals surface area contributed by atoms with E-state index in [9.17, 15) is 0 Å². The van der Waals surface area contributed by atoms with Crippen molar-refractivity contribution in [2.45, 2.75) is 38.5 Å². The lowest BCUT2D eigenvalue weighted by molar-refractivity contribution is 0.174. The number of hydrogen-bond donors (Lipinski definition) is 0. The Labute approximate surface area is 131 Å². The fourth-order valence-electron chi connectivity index (χ4n) is 2.13. The van der Waals surface area contributed by atoms with Crippen LogP contribution in [0.15, 0.2) is 27.7 Å². The average molecular weight is 390 g/mol. The molecule has 1 heterocycles. The van der Waals surface area contributed by atoms with Crippen LogP contribution in [-0.2, 0) is 6.42 Å². The first-order valence-electron chi connectivity index (χ1n) is 6.65. The van der Waals surface area contributed by atoms with Crippen molar-refractivity contribution in [2.75, 3.05) is 6.79 Å². The molecule has 0 amide bonds. The summed E-state index contributed by atoms with van der Waals surface area (Å²) < 4.78 is 11.7. The van der Waals surface area contributed by atoms with Crippen molar-refractivity contribution in [1.29, 1.82) is 0 Å². The number of aryl methyl sites for hydroxylation is 1. The average Bonchev–Trinajstić information content (AvgIpc) is 2.84. The number of unbranched alkanes of at least 4 members (excludes halogenated alkanes) is 4. The molecule has 0 N–H and O–H groups in total. The first kappa shape index (κ1) is 14.9. The fraction of sp³-hybridized carbons (Fsp3) is 0.467. The van der Waals surface area contributed by atoms with Gasteiger partial charge in [0.25, 0.3) is 0 Å². The number of ether oxygens (including phenoxy) is 2. The third-order valence-corrected chi connectivity index (χ3v) is 3.80. The lowest BCUT2D eigenvalue weighted by Gasteiger charge is -2.03. The zero-order valence-electron chi connectivity index (χ0n) is 10.8. The van der Waals surface area contributed by atoms with Gasteiger partial charge in [-0.25, -0.2) is 0 Å². The highest BCUT2D eigenvalue weighted by molar-refractivity contribution is 9.28. The summed E-state index contributed by atoms with van der Waals surface area (Å²) in [6.45, 7) is 0.357. The number of fused-ring (bicyclic) bond motifs is 1. The van der Waals surface area contributed by atoms with Crippen molar-refractivity contribution in [3.05, 3.63) is 33.2 Å². The maximum atomic E-state index is 5.38. The first-order valence-corrected chi connectivity index (χ1v) is 8.24. The predicted molar refractivity (Wildman–Crippen MR) is 85.3 cm³/mol. The van der Waals surface area contributed by atoms with Gasteiger partial charge in [0.2, 0.25) is 6.79 Å². The third-order valence-electron chi connectivity index (χ3n) is 3.16. The molecule has 0 unspecified atom stereocenters. The molecule has 2 nitrogen and oxygen atoms in total. The lowest BCUT2D eigenvalue weighted by Crippen LogP contribution is -1.93. The van der Waals surface area contributed by atoms with Crippen LogP contribution in [0.4, 0.5) is 0 Å². The number of halogens is 2. The molecular formula is C15H18Br2O2. The van der Waals surface area contributed by atoms with Gasteiger partial charge in [-0.15, -0.1) is 0 Å². The number of allylic oxidation sites excluding steroid dienone is 1. The molecule has 0 saturated heterocycles. The van der Waals surface area contributed by atoms with E-state index in [4.69, 9.17) is 9.47 Å². The minimum absolute atomic E-state index is 0.357. The monoisotopic (exact) mass is 388 g/mol. The quantitative estimate of drug-likeness (QED) is 0.570. The zero-order chi connectivity index (χ0) is 13.5. The zero-order valence-corrected chi connectivity index (χ0v) is 14.0. The van der Waals surface area contributed by atoms with Gasteiger partial charge < -0.3 is 9.47 Å². The van der Waals surface area contributed by atoms with Gasteiger partial charge in [-0.05, 0) is 75.2 Å². The van der Waals surface area contributed by atoms with Crippen LogP contribution in [0, 0.1) is 0 Å². The van der Waals surface area contributed by atoms with Crippen LogP contribution in [0.25, 0.3) is 0 Å². The van der Waals surface area contributed by atoms with E-state index < -0.39 is 0 Å². The van der Waals surface area contributed by atoms with E-state index in [0.29, 0.717) is 6.79 Å². The van der Waals surface area contributed by atoms with Crippen molar-refractivity contribution >= 4 is 31.9 Å². The Balaban J connectivity index is 1.62. The normalized spacial score (nSPS) is 12.5. The van der Waals surface area contributed by atoms with Gasteiger partial charge in [-0.3, -0.25) is 0 Å². The molecule has 104 valence electrons. The third kappa shape index (κ3) is 5.19. The van der Waals surface area contributed by atoms with Gasteiger partial charge >= 0.3 is 0 Å². The summed E-state index contributed by atoms with van der Waals surface area (Å²) in [5.41, 5.74) is 1.34. The second-order valence-corrected chi connectivity index (χ2v) is 7.41. The molecule has 0 aliphatic carbocycles. The molecule has 1 aromatic rings.